The Kier molecular flexibility index (Phi) is 6.71. The zero-order valence-corrected chi connectivity index (χ0v) is 20.4. The fourth-order valence-corrected chi connectivity index (χ4v) is 5.33. The third-order valence-electron chi connectivity index (χ3n) is 7.04. The third kappa shape index (κ3) is 4.69. The van der Waals surface area contributed by atoms with Crippen LogP contribution in [0.3, 0.4) is 0 Å². The molecule has 2 amide bonds. The van der Waals surface area contributed by atoms with Crippen molar-refractivity contribution < 1.29 is 19.5 Å². The van der Waals surface area contributed by atoms with Gasteiger partial charge in [0, 0.05) is 36.8 Å². The van der Waals surface area contributed by atoms with Crippen molar-refractivity contribution in [1.82, 2.24) is 20.3 Å². The molecule has 0 radical (unpaired) electrons. The maximum atomic E-state index is 13.6. The normalized spacial score (nSPS) is 22.4. The second kappa shape index (κ2) is 10.1. The number of piperidine rings is 1. The van der Waals surface area contributed by atoms with Gasteiger partial charge in [-0.1, -0.05) is 48.5 Å². The molecule has 1 aromatic heterocycles. The van der Waals surface area contributed by atoms with E-state index in [-0.39, 0.29) is 12.0 Å². The topological polar surface area (TPSA) is 95.0 Å². The number of para-hydroxylation sites is 1. The first-order valence-electron chi connectivity index (χ1n) is 12.1. The predicted octanol–water partition coefficient (Wildman–Crippen LogP) is 3.04. The number of pyridine rings is 1. The number of nitrogens with one attached hydrogen (secondary N) is 1. The van der Waals surface area contributed by atoms with Crippen molar-refractivity contribution >= 4 is 28.3 Å². The minimum atomic E-state index is -0.763. The lowest BCUT2D eigenvalue weighted by Crippen LogP contribution is -2.60. The summed E-state index contributed by atoms with van der Waals surface area (Å²) >= 11 is 0. The number of aryl methyl sites for hydroxylation is 1. The van der Waals surface area contributed by atoms with Crippen LogP contribution in [0.4, 0.5) is 0 Å². The molecule has 2 aromatic carbocycles. The number of hydrogen-bond donors (Lipinski definition) is 2. The summed E-state index contributed by atoms with van der Waals surface area (Å²) < 4.78 is 6.39. The lowest BCUT2D eigenvalue weighted by atomic mass is 9.86. The number of likely N-dealkylation sites (tertiary alicyclic amines) is 1. The summed E-state index contributed by atoms with van der Waals surface area (Å²) in [6, 6.07) is 18.9. The number of amides is 2. The summed E-state index contributed by atoms with van der Waals surface area (Å²) in [6.07, 6.45) is 2.01. The molecule has 0 spiro atoms. The van der Waals surface area contributed by atoms with Crippen LogP contribution in [0.5, 0.6) is 5.75 Å². The number of fused-ring (bicyclic) bond motifs is 1. The predicted molar refractivity (Wildman–Crippen MR) is 136 cm³/mol. The van der Waals surface area contributed by atoms with Crippen molar-refractivity contribution in [2.24, 2.45) is 5.92 Å². The number of hydrogen-bond acceptors (Lipinski definition) is 6. The van der Waals surface area contributed by atoms with Gasteiger partial charge in [0.05, 0.1) is 11.4 Å². The molecule has 3 aromatic rings. The summed E-state index contributed by atoms with van der Waals surface area (Å²) in [6.45, 7) is 3.36. The second-order valence-corrected chi connectivity index (χ2v) is 9.54. The van der Waals surface area contributed by atoms with E-state index < -0.39 is 17.9 Å². The van der Waals surface area contributed by atoms with Crippen molar-refractivity contribution in [3.8, 4) is 5.75 Å². The molecule has 3 atom stereocenters. The number of carbonyl (C=O) groups is 2. The van der Waals surface area contributed by atoms with Gasteiger partial charge in [-0.05, 0) is 43.7 Å². The molecular weight excluding hydrogens is 456 g/mol. The van der Waals surface area contributed by atoms with Gasteiger partial charge in [-0.3, -0.25) is 24.7 Å². The molecule has 2 aliphatic rings. The Morgan fingerprint density at radius 1 is 1.11 bits per heavy atom. The van der Waals surface area contributed by atoms with E-state index >= 15 is 0 Å². The van der Waals surface area contributed by atoms with Crippen molar-refractivity contribution in [1.29, 1.82) is 0 Å². The summed E-state index contributed by atoms with van der Waals surface area (Å²) in [4.78, 5) is 34.6. The van der Waals surface area contributed by atoms with Crippen molar-refractivity contribution in [3.05, 3.63) is 78.0 Å². The van der Waals surface area contributed by atoms with E-state index in [9.17, 15) is 14.8 Å². The molecule has 8 nitrogen and oxygen atoms in total. The fourth-order valence-electron chi connectivity index (χ4n) is 5.33. The Balaban J connectivity index is 1.34. The standard InChI is InChI=1S/C28H30N4O4/c1-18-14-25(22-10-6-7-11-24(22)29-18)36-21-15-23(27(33)30-35)26(31(2)17-21)28(34)32-13-12-20(16-32)19-8-4-3-5-9-19/h3-12,14,21,23,26,35H,13,15-17H2,1-2H3,(H,30,33). The number of likely N-dealkylation sites (N-methyl/N-ethyl adjacent to an activating group) is 1. The molecule has 36 heavy (non-hydrogen) atoms. The minimum Gasteiger partial charge on any atom is -0.488 e. The second-order valence-electron chi connectivity index (χ2n) is 9.54. The lowest BCUT2D eigenvalue weighted by molar-refractivity contribution is -0.150. The van der Waals surface area contributed by atoms with Crippen LogP contribution < -0.4 is 10.2 Å². The van der Waals surface area contributed by atoms with Gasteiger partial charge in [0.1, 0.15) is 17.9 Å². The molecule has 8 heteroatoms. The van der Waals surface area contributed by atoms with Crippen LogP contribution in [0.25, 0.3) is 16.5 Å². The average molecular weight is 487 g/mol. The highest BCUT2D eigenvalue weighted by Gasteiger charge is 2.45. The minimum absolute atomic E-state index is 0.128. The fraction of sp³-hybridized carbons (Fsp3) is 0.321. The highest BCUT2D eigenvalue weighted by Crippen LogP contribution is 2.32. The van der Waals surface area contributed by atoms with E-state index in [1.807, 2.05) is 79.5 Å². The molecule has 2 N–H and O–H groups in total. The molecule has 0 bridgehead atoms. The number of rotatable bonds is 5. The quantitative estimate of drug-likeness (QED) is 0.425. The van der Waals surface area contributed by atoms with Gasteiger partial charge in [-0.15, -0.1) is 0 Å². The van der Waals surface area contributed by atoms with Crippen LogP contribution in [0.1, 0.15) is 17.7 Å². The summed E-state index contributed by atoms with van der Waals surface area (Å²) in [5, 5.41) is 10.4. The molecule has 2 aliphatic heterocycles. The molecule has 3 unspecified atom stereocenters. The van der Waals surface area contributed by atoms with E-state index in [4.69, 9.17) is 4.74 Å². The van der Waals surface area contributed by atoms with E-state index in [1.54, 1.807) is 10.4 Å². The number of nitrogens with zero attached hydrogens (tertiary/aromatic N) is 3. The maximum Gasteiger partial charge on any atom is 0.248 e. The summed E-state index contributed by atoms with van der Waals surface area (Å²) in [7, 11) is 1.83. The van der Waals surface area contributed by atoms with Gasteiger partial charge in [-0.25, -0.2) is 5.48 Å². The maximum absolute atomic E-state index is 13.6. The number of hydroxylamine groups is 1. The highest BCUT2D eigenvalue weighted by molar-refractivity contribution is 5.92. The first-order chi connectivity index (χ1) is 17.4. The number of aromatic nitrogens is 1. The first-order valence-corrected chi connectivity index (χ1v) is 12.1. The van der Waals surface area contributed by atoms with Gasteiger partial charge in [0.25, 0.3) is 0 Å². The SMILES string of the molecule is Cc1cc(OC2CC(C(=O)NO)C(C(=O)N3CC=C(c4ccccc4)C3)N(C)C2)c2ccccc2n1. The highest BCUT2D eigenvalue weighted by atomic mass is 16.5. The van der Waals surface area contributed by atoms with Crippen LogP contribution in [0.15, 0.2) is 66.7 Å². The summed E-state index contributed by atoms with van der Waals surface area (Å²) in [5.41, 5.74) is 5.62. The zero-order valence-electron chi connectivity index (χ0n) is 20.4. The van der Waals surface area contributed by atoms with Gasteiger partial charge in [-0.2, -0.15) is 0 Å². The molecule has 186 valence electrons. The van der Waals surface area contributed by atoms with Crippen molar-refractivity contribution in [2.75, 3.05) is 26.7 Å². The Bertz CT molecular complexity index is 1310. The van der Waals surface area contributed by atoms with Gasteiger partial charge in [0.2, 0.25) is 11.8 Å². The van der Waals surface area contributed by atoms with Gasteiger partial charge < -0.3 is 9.64 Å². The lowest BCUT2D eigenvalue weighted by Gasteiger charge is -2.42. The summed E-state index contributed by atoms with van der Waals surface area (Å²) in [5.74, 6) is -0.779. The Hall–Kier alpha value is -3.75. The molecule has 3 heterocycles. The molecular formula is C28H30N4O4. The average Bonchev–Trinajstić information content (AvgIpc) is 3.38. The monoisotopic (exact) mass is 486 g/mol. The van der Waals surface area contributed by atoms with Crippen LogP contribution in [-0.2, 0) is 9.59 Å². The van der Waals surface area contributed by atoms with Crippen LogP contribution in [0.2, 0.25) is 0 Å². The molecule has 1 fully saturated rings. The van der Waals surface area contributed by atoms with Crippen molar-refractivity contribution in [2.45, 2.75) is 25.5 Å². The Labute approximate surface area is 210 Å². The van der Waals surface area contributed by atoms with E-state index in [2.05, 4.69) is 11.1 Å². The Morgan fingerprint density at radius 2 is 1.86 bits per heavy atom. The molecule has 1 saturated heterocycles. The van der Waals surface area contributed by atoms with Gasteiger partial charge in [0.15, 0.2) is 0 Å². The molecule has 5 rings (SSSR count). The number of benzene rings is 2. The number of ether oxygens (including phenoxy) is 1. The van der Waals surface area contributed by atoms with E-state index in [1.165, 1.54) is 0 Å². The van der Waals surface area contributed by atoms with Crippen LogP contribution in [0, 0.1) is 12.8 Å². The first kappa shape index (κ1) is 24.0. The smallest absolute Gasteiger partial charge is 0.248 e. The van der Waals surface area contributed by atoms with E-state index in [0.717, 1.165) is 27.7 Å². The number of carbonyl (C=O) groups excluding carboxylic acids is 2. The van der Waals surface area contributed by atoms with E-state index in [0.29, 0.717) is 31.8 Å². The van der Waals surface area contributed by atoms with Crippen LogP contribution >= 0.6 is 0 Å². The van der Waals surface area contributed by atoms with Crippen molar-refractivity contribution in [3.63, 3.8) is 0 Å². The Morgan fingerprint density at radius 3 is 2.64 bits per heavy atom. The van der Waals surface area contributed by atoms with Gasteiger partial charge >= 0.3 is 0 Å². The zero-order chi connectivity index (χ0) is 25.2. The third-order valence-corrected chi connectivity index (χ3v) is 7.04. The molecule has 0 aliphatic carbocycles. The van der Waals surface area contributed by atoms with Crippen LogP contribution in [-0.4, -0.2) is 70.6 Å². The largest absolute Gasteiger partial charge is 0.488 e. The molecule has 0 saturated carbocycles.